The number of aliphatic carboxylic acids is 2. The third-order valence-electron chi connectivity index (χ3n) is 2.79. The van der Waals surface area contributed by atoms with Gasteiger partial charge in [-0.3, -0.25) is 14.4 Å². The van der Waals surface area contributed by atoms with Crippen LogP contribution < -0.4 is 0 Å². The van der Waals surface area contributed by atoms with Gasteiger partial charge < -0.3 is 25.3 Å². The zero-order valence-corrected chi connectivity index (χ0v) is 13.4. The maximum absolute atomic E-state index is 11.3. The second-order valence-electron chi connectivity index (χ2n) is 4.98. The van der Waals surface area contributed by atoms with Gasteiger partial charge in [-0.2, -0.15) is 0 Å². The van der Waals surface area contributed by atoms with Crippen LogP contribution >= 0.6 is 0 Å². The predicted octanol–water partition coefficient (Wildman–Crippen LogP) is 0.313. The minimum Gasteiger partial charge on any atom is -0.481 e. The predicted molar refractivity (Wildman–Crippen MR) is 79.4 cm³/mol. The highest BCUT2D eigenvalue weighted by Crippen LogP contribution is 2.23. The van der Waals surface area contributed by atoms with Crippen molar-refractivity contribution >= 4 is 17.8 Å². The van der Waals surface area contributed by atoms with E-state index in [2.05, 4.69) is 0 Å². The van der Waals surface area contributed by atoms with Crippen LogP contribution in [0.1, 0.15) is 46.5 Å². The molecule has 1 atom stereocenters. The monoisotopic (exact) mass is 321 g/mol. The Hall–Kier alpha value is -1.67. The molecule has 0 bridgehead atoms. The molecule has 22 heavy (non-hydrogen) atoms. The number of aliphatic hydroxyl groups is 2. The molecule has 1 unspecified atom stereocenters. The molecular weight excluding hydrogens is 294 g/mol. The van der Waals surface area contributed by atoms with Crippen LogP contribution in [-0.4, -0.2) is 68.5 Å². The number of carboxylic acids is 2. The van der Waals surface area contributed by atoms with Gasteiger partial charge in [0.05, 0.1) is 12.7 Å². The fraction of sp³-hybridized carbons (Fsp3) is 0.786. The van der Waals surface area contributed by atoms with E-state index in [1.807, 2.05) is 0 Å². The van der Waals surface area contributed by atoms with Gasteiger partial charge in [0.1, 0.15) is 0 Å². The number of carbonyl (C=O) groups excluding carboxylic acids is 1. The van der Waals surface area contributed by atoms with Gasteiger partial charge in [0.2, 0.25) is 5.91 Å². The Kier molecular flexibility index (Phi) is 13.4. The molecular formula is C14H27NO7. The third kappa shape index (κ3) is 14.7. The average Bonchev–Trinajstić information content (AvgIpc) is 2.87. The van der Waals surface area contributed by atoms with Gasteiger partial charge in [0.15, 0.2) is 0 Å². The lowest BCUT2D eigenvalue weighted by atomic mass is 10.2. The SMILES string of the molecule is CC(=O)N(CC(O)CO)C1CCCC1.CC(=O)O.CC(=O)O. The summed E-state index contributed by atoms with van der Waals surface area (Å²) in [6.45, 7) is 3.66. The van der Waals surface area contributed by atoms with Crippen molar-refractivity contribution in [2.45, 2.75) is 58.6 Å². The molecule has 8 nitrogen and oxygen atoms in total. The van der Waals surface area contributed by atoms with Crippen molar-refractivity contribution in [3.8, 4) is 0 Å². The molecule has 1 aliphatic rings. The summed E-state index contributed by atoms with van der Waals surface area (Å²) >= 11 is 0. The second kappa shape index (κ2) is 13.0. The molecule has 1 amide bonds. The molecule has 1 fully saturated rings. The maximum Gasteiger partial charge on any atom is 0.300 e. The highest BCUT2D eigenvalue weighted by atomic mass is 16.4. The maximum atomic E-state index is 11.3. The fourth-order valence-electron chi connectivity index (χ4n) is 2.04. The van der Waals surface area contributed by atoms with E-state index in [4.69, 9.17) is 24.9 Å². The summed E-state index contributed by atoms with van der Waals surface area (Å²) in [7, 11) is 0. The Morgan fingerprint density at radius 3 is 1.68 bits per heavy atom. The molecule has 0 aliphatic heterocycles. The molecule has 0 spiro atoms. The Morgan fingerprint density at radius 2 is 1.41 bits per heavy atom. The van der Waals surface area contributed by atoms with Crippen LogP contribution in [0.5, 0.6) is 0 Å². The summed E-state index contributed by atoms with van der Waals surface area (Å²) in [6.07, 6.45) is 3.56. The van der Waals surface area contributed by atoms with Crippen molar-refractivity contribution in [2.24, 2.45) is 0 Å². The van der Waals surface area contributed by atoms with Gasteiger partial charge in [-0.1, -0.05) is 12.8 Å². The first-order valence-corrected chi connectivity index (χ1v) is 7.07. The van der Waals surface area contributed by atoms with Crippen LogP contribution in [0.25, 0.3) is 0 Å². The summed E-state index contributed by atoms with van der Waals surface area (Å²) in [5.74, 6) is -1.68. The summed E-state index contributed by atoms with van der Waals surface area (Å²) in [5, 5.41) is 32.8. The number of rotatable bonds is 4. The third-order valence-corrected chi connectivity index (χ3v) is 2.79. The minimum atomic E-state index is -0.833. The fourth-order valence-corrected chi connectivity index (χ4v) is 2.04. The molecule has 0 radical (unpaired) electrons. The molecule has 0 aromatic heterocycles. The largest absolute Gasteiger partial charge is 0.481 e. The number of carbonyl (C=O) groups is 3. The zero-order valence-electron chi connectivity index (χ0n) is 13.4. The average molecular weight is 321 g/mol. The van der Waals surface area contributed by atoms with E-state index < -0.39 is 18.0 Å². The smallest absolute Gasteiger partial charge is 0.300 e. The number of amides is 1. The van der Waals surface area contributed by atoms with Gasteiger partial charge in [0, 0.05) is 33.4 Å². The van der Waals surface area contributed by atoms with Crippen molar-refractivity contribution in [1.82, 2.24) is 4.90 Å². The van der Waals surface area contributed by atoms with E-state index >= 15 is 0 Å². The number of carboxylic acid groups (broad SMARTS) is 2. The highest BCUT2D eigenvalue weighted by molar-refractivity contribution is 5.73. The lowest BCUT2D eigenvalue weighted by Gasteiger charge is -2.29. The zero-order chi connectivity index (χ0) is 17.7. The van der Waals surface area contributed by atoms with Gasteiger partial charge in [-0.05, 0) is 12.8 Å². The van der Waals surface area contributed by atoms with Gasteiger partial charge >= 0.3 is 0 Å². The van der Waals surface area contributed by atoms with Gasteiger partial charge in [0.25, 0.3) is 11.9 Å². The van der Waals surface area contributed by atoms with E-state index in [1.54, 1.807) is 4.90 Å². The topological polar surface area (TPSA) is 135 Å². The number of nitrogens with zero attached hydrogens (tertiary/aromatic N) is 1. The summed E-state index contributed by atoms with van der Waals surface area (Å²) in [4.78, 5) is 31.0. The van der Waals surface area contributed by atoms with Crippen LogP contribution in [0.3, 0.4) is 0 Å². The lowest BCUT2D eigenvalue weighted by molar-refractivity contribution is -0.135. The molecule has 4 N–H and O–H groups in total. The minimum absolute atomic E-state index is 0.00981. The Balaban J connectivity index is 0. The molecule has 1 rings (SSSR count). The van der Waals surface area contributed by atoms with Crippen LogP contribution in [0.15, 0.2) is 0 Å². The lowest BCUT2D eigenvalue weighted by Crippen LogP contribution is -2.43. The first-order chi connectivity index (χ1) is 10.1. The highest BCUT2D eigenvalue weighted by Gasteiger charge is 2.25. The molecule has 0 aromatic rings. The van der Waals surface area contributed by atoms with E-state index in [9.17, 15) is 9.90 Å². The molecule has 0 aromatic carbocycles. The molecule has 1 saturated carbocycles. The van der Waals surface area contributed by atoms with Crippen LogP contribution in [0, 0.1) is 0 Å². The number of aliphatic hydroxyl groups excluding tert-OH is 2. The summed E-state index contributed by atoms with van der Waals surface area (Å²) < 4.78 is 0. The van der Waals surface area contributed by atoms with Gasteiger partial charge in [-0.15, -0.1) is 0 Å². The van der Waals surface area contributed by atoms with Crippen LogP contribution in [0.2, 0.25) is 0 Å². The standard InChI is InChI=1S/C10H19NO3.2C2H4O2/c1-8(13)11(6-10(14)7-12)9-4-2-3-5-9;2*1-2(3)4/h9-10,12,14H,2-7H2,1H3;2*1H3,(H,3,4). The van der Waals surface area contributed by atoms with Crippen LogP contribution in [0.4, 0.5) is 0 Å². The first-order valence-electron chi connectivity index (χ1n) is 7.07. The molecule has 0 heterocycles. The first kappa shape index (κ1) is 22.6. The Bertz CT molecular complexity index is 320. The normalized spacial score (nSPS) is 14.8. The van der Waals surface area contributed by atoms with E-state index in [0.29, 0.717) is 0 Å². The Morgan fingerprint density at radius 1 is 1.05 bits per heavy atom. The van der Waals surface area contributed by atoms with E-state index in [1.165, 1.54) is 6.92 Å². The number of hydrogen-bond donors (Lipinski definition) is 4. The molecule has 130 valence electrons. The summed E-state index contributed by atoms with van der Waals surface area (Å²) in [6, 6.07) is 0.272. The van der Waals surface area contributed by atoms with Crippen molar-refractivity contribution < 1.29 is 34.8 Å². The van der Waals surface area contributed by atoms with Crippen LogP contribution in [-0.2, 0) is 14.4 Å². The van der Waals surface area contributed by atoms with Crippen molar-refractivity contribution in [3.05, 3.63) is 0 Å². The van der Waals surface area contributed by atoms with E-state index in [-0.39, 0.29) is 25.1 Å². The Labute approximate surface area is 130 Å². The molecule has 1 aliphatic carbocycles. The van der Waals surface area contributed by atoms with Gasteiger partial charge in [-0.25, -0.2) is 0 Å². The van der Waals surface area contributed by atoms with Crippen molar-refractivity contribution in [1.29, 1.82) is 0 Å². The molecule has 0 saturated heterocycles. The molecule has 8 heteroatoms. The van der Waals surface area contributed by atoms with E-state index in [0.717, 1.165) is 39.5 Å². The second-order valence-corrected chi connectivity index (χ2v) is 4.98. The van der Waals surface area contributed by atoms with Crippen molar-refractivity contribution in [3.63, 3.8) is 0 Å². The summed E-state index contributed by atoms with van der Waals surface area (Å²) in [5.41, 5.74) is 0. The van der Waals surface area contributed by atoms with Crippen molar-refractivity contribution in [2.75, 3.05) is 13.2 Å². The quantitative estimate of drug-likeness (QED) is 0.585. The number of hydrogen-bond acceptors (Lipinski definition) is 5.